The number of hydrogen-bond acceptors (Lipinski definition) is 4. The first-order valence-corrected chi connectivity index (χ1v) is 9.04. The van der Waals surface area contributed by atoms with Gasteiger partial charge in [-0.25, -0.2) is 4.98 Å². The molecule has 1 atom stereocenters. The Bertz CT molecular complexity index is 785. The molecule has 3 heterocycles. The molecule has 1 unspecified atom stereocenters. The number of nitrogens with one attached hydrogen (secondary N) is 1. The highest BCUT2D eigenvalue weighted by molar-refractivity contribution is 7.20. The molecule has 1 aliphatic heterocycles. The largest absolute Gasteiger partial charge is 0.433 e. The number of aromatic nitrogens is 1. The van der Waals surface area contributed by atoms with E-state index in [1.165, 1.54) is 6.07 Å². The summed E-state index contributed by atoms with van der Waals surface area (Å²) in [5.41, 5.74) is -0.214. The molecule has 0 bridgehead atoms. The van der Waals surface area contributed by atoms with Crippen LogP contribution in [0.1, 0.15) is 33.8 Å². The highest BCUT2D eigenvalue weighted by atomic mass is 32.1. The Kier molecular flexibility index (Phi) is 5.02. The van der Waals surface area contributed by atoms with Crippen LogP contribution < -0.4 is 5.32 Å². The second-order valence-electron chi connectivity index (χ2n) is 6.42. The molecule has 25 heavy (non-hydrogen) atoms. The lowest BCUT2D eigenvalue weighted by Crippen LogP contribution is -2.42. The molecular weight excluding hydrogens is 351 g/mol. The molecule has 0 aromatic carbocycles. The average molecular weight is 371 g/mol. The number of amides is 1. The normalized spacial score (nSPS) is 18.8. The maximum Gasteiger partial charge on any atom is 0.433 e. The van der Waals surface area contributed by atoms with E-state index in [0.29, 0.717) is 34.8 Å². The van der Waals surface area contributed by atoms with Gasteiger partial charge >= 0.3 is 6.18 Å². The van der Waals surface area contributed by atoms with Gasteiger partial charge in [-0.05, 0) is 57.0 Å². The van der Waals surface area contributed by atoms with Crippen molar-refractivity contribution in [3.05, 3.63) is 28.3 Å². The number of nitrogens with zero attached hydrogens (tertiary/aromatic N) is 2. The molecule has 1 fully saturated rings. The van der Waals surface area contributed by atoms with E-state index in [1.807, 2.05) is 11.9 Å². The molecule has 8 heteroatoms. The summed E-state index contributed by atoms with van der Waals surface area (Å²) in [7, 11) is 1.89. The monoisotopic (exact) mass is 371 g/mol. The molecule has 0 saturated carbocycles. The molecule has 0 spiro atoms. The minimum atomic E-state index is -4.48. The summed E-state index contributed by atoms with van der Waals surface area (Å²) in [4.78, 5) is 19.2. The highest BCUT2D eigenvalue weighted by Gasteiger charge is 2.33. The van der Waals surface area contributed by atoms with Crippen molar-refractivity contribution in [3.8, 4) is 0 Å². The first-order chi connectivity index (χ1) is 11.8. The summed E-state index contributed by atoms with van der Waals surface area (Å²) in [5, 5.41) is 3.75. The lowest BCUT2D eigenvalue weighted by atomic mass is 9.97. The highest BCUT2D eigenvalue weighted by Crippen LogP contribution is 2.35. The first kappa shape index (κ1) is 18.1. The summed E-state index contributed by atoms with van der Waals surface area (Å²) in [6.45, 7) is 3.99. The van der Waals surface area contributed by atoms with Crippen LogP contribution in [0.2, 0.25) is 0 Å². The number of carbonyl (C=O) groups excluding carboxylic acids is 1. The molecule has 1 aliphatic rings. The second kappa shape index (κ2) is 6.92. The maximum atomic E-state index is 12.9. The van der Waals surface area contributed by atoms with Crippen LogP contribution in [0.3, 0.4) is 0 Å². The summed E-state index contributed by atoms with van der Waals surface area (Å²) in [6, 6.07) is 2.38. The molecule has 0 radical (unpaired) electrons. The van der Waals surface area contributed by atoms with Crippen molar-refractivity contribution in [2.45, 2.75) is 25.9 Å². The van der Waals surface area contributed by atoms with Crippen molar-refractivity contribution in [1.29, 1.82) is 0 Å². The standard InChI is InChI=1S/C17H20F3N3OS/c1-10-12-5-6-13(17(18,19)20)22-15(12)25-14(10)16(24)23-7-3-4-11(9-23)8-21-2/h5-6,11,21H,3-4,7-9H2,1-2H3. The quantitative estimate of drug-likeness (QED) is 0.895. The van der Waals surface area contributed by atoms with Crippen LogP contribution in [0.4, 0.5) is 13.2 Å². The van der Waals surface area contributed by atoms with Crippen LogP contribution in [0.15, 0.2) is 12.1 Å². The van der Waals surface area contributed by atoms with Gasteiger partial charge in [-0.3, -0.25) is 4.79 Å². The molecule has 0 aliphatic carbocycles. The number of piperidine rings is 1. The van der Waals surface area contributed by atoms with Crippen molar-refractivity contribution in [2.24, 2.45) is 5.92 Å². The number of alkyl halides is 3. The molecule has 1 amide bonds. The maximum absolute atomic E-state index is 12.9. The zero-order chi connectivity index (χ0) is 18.2. The van der Waals surface area contributed by atoms with Crippen LogP contribution in [-0.4, -0.2) is 42.5 Å². The van der Waals surface area contributed by atoms with Gasteiger partial charge < -0.3 is 10.2 Å². The van der Waals surface area contributed by atoms with Crippen LogP contribution in [0.25, 0.3) is 10.2 Å². The number of likely N-dealkylation sites (tertiary alicyclic amines) is 1. The minimum absolute atomic E-state index is 0.102. The minimum Gasteiger partial charge on any atom is -0.338 e. The Balaban J connectivity index is 1.90. The van der Waals surface area contributed by atoms with E-state index in [0.717, 1.165) is 36.8 Å². The molecule has 1 saturated heterocycles. The van der Waals surface area contributed by atoms with E-state index in [1.54, 1.807) is 6.92 Å². The predicted molar refractivity (Wildman–Crippen MR) is 91.9 cm³/mol. The number of halogens is 3. The summed E-state index contributed by atoms with van der Waals surface area (Å²) >= 11 is 1.05. The predicted octanol–water partition coefficient (Wildman–Crippen LogP) is 3.70. The fourth-order valence-corrected chi connectivity index (χ4v) is 4.46. The van der Waals surface area contributed by atoms with Crippen molar-refractivity contribution >= 4 is 27.5 Å². The van der Waals surface area contributed by atoms with E-state index in [9.17, 15) is 18.0 Å². The lowest BCUT2D eigenvalue weighted by molar-refractivity contribution is -0.140. The van der Waals surface area contributed by atoms with Crippen LogP contribution >= 0.6 is 11.3 Å². The van der Waals surface area contributed by atoms with Gasteiger partial charge in [-0.2, -0.15) is 13.2 Å². The van der Waals surface area contributed by atoms with Crippen LogP contribution in [-0.2, 0) is 6.18 Å². The van der Waals surface area contributed by atoms with E-state index >= 15 is 0 Å². The zero-order valence-corrected chi connectivity index (χ0v) is 14.9. The summed E-state index contributed by atoms with van der Waals surface area (Å²) in [6.07, 6.45) is -2.46. The number of carbonyl (C=O) groups is 1. The lowest BCUT2D eigenvalue weighted by Gasteiger charge is -2.32. The van der Waals surface area contributed by atoms with Crippen molar-refractivity contribution in [1.82, 2.24) is 15.2 Å². The Labute approximate surface area is 148 Å². The van der Waals surface area contributed by atoms with Crippen LogP contribution in [0.5, 0.6) is 0 Å². The molecular formula is C17H20F3N3OS. The molecule has 1 N–H and O–H groups in total. The number of hydrogen-bond donors (Lipinski definition) is 1. The number of pyridine rings is 1. The fourth-order valence-electron chi connectivity index (χ4n) is 3.31. The molecule has 2 aromatic rings. The SMILES string of the molecule is CNCC1CCCN(C(=O)c2sc3nc(C(F)(F)F)ccc3c2C)C1. The van der Waals surface area contributed by atoms with Gasteiger partial charge in [0.2, 0.25) is 0 Å². The molecule has 3 rings (SSSR count). The Morgan fingerprint density at radius 1 is 1.44 bits per heavy atom. The summed E-state index contributed by atoms with van der Waals surface area (Å²) < 4.78 is 38.5. The van der Waals surface area contributed by atoms with Crippen molar-refractivity contribution in [2.75, 3.05) is 26.7 Å². The van der Waals surface area contributed by atoms with Crippen LogP contribution in [0, 0.1) is 12.8 Å². The van der Waals surface area contributed by atoms with Gasteiger partial charge in [0.05, 0.1) is 4.88 Å². The smallest absolute Gasteiger partial charge is 0.338 e. The number of aryl methyl sites for hydroxylation is 1. The van der Waals surface area contributed by atoms with Crippen molar-refractivity contribution < 1.29 is 18.0 Å². The topological polar surface area (TPSA) is 45.2 Å². The van der Waals surface area contributed by atoms with E-state index in [-0.39, 0.29) is 10.7 Å². The van der Waals surface area contributed by atoms with Gasteiger partial charge in [0, 0.05) is 18.5 Å². The zero-order valence-electron chi connectivity index (χ0n) is 14.1. The Morgan fingerprint density at radius 2 is 2.20 bits per heavy atom. The molecule has 2 aromatic heterocycles. The van der Waals surface area contributed by atoms with E-state index < -0.39 is 11.9 Å². The number of fused-ring (bicyclic) bond motifs is 1. The van der Waals surface area contributed by atoms with Gasteiger partial charge in [-0.15, -0.1) is 11.3 Å². The number of thiophene rings is 1. The van der Waals surface area contributed by atoms with E-state index in [4.69, 9.17) is 0 Å². The van der Waals surface area contributed by atoms with Crippen molar-refractivity contribution in [3.63, 3.8) is 0 Å². The average Bonchev–Trinajstić information content (AvgIpc) is 2.90. The van der Waals surface area contributed by atoms with E-state index in [2.05, 4.69) is 10.3 Å². The molecule has 136 valence electrons. The number of rotatable bonds is 3. The van der Waals surface area contributed by atoms with Gasteiger partial charge in [0.1, 0.15) is 10.5 Å². The first-order valence-electron chi connectivity index (χ1n) is 8.22. The summed E-state index contributed by atoms with van der Waals surface area (Å²) in [5.74, 6) is 0.308. The Morgan fingerprint density at radius 3 is 2.88 bits per heavy atom. The fraction of sp³-hybridized carbons (Fsp3) is 0.529. The van der Waals surface area contributed by atoms with Gasteiger partial charge in [-0.1, -0.05) is 0 Å². The third-order valence-corrected chi connectivity index (χ3v) is 5.78. The van der Waals surface area contributed by atoms with Gasteiger partial charge in [0.25, 0.3) is 5.91 Å². The third-order valence-electron chi connectivity index (χ3n) is 4.59. The molecule has 4 nitrogen and oxygen atoms in total. The second-order valence-corrected chi connectivity index (χ2v) is 7.42. The van der Waals surface area contributed by atoms with Gasteiger partial charge in [0.15, 0.2) is 0 Å². The third kappa shape index (κ3) is 3.64. The Hall–Kier alpha value is -1.67.